The second kappa shape index (κ2) is 7.76. The standard InChI is InChI=1S/C10H20O4/c1-5-6-13-7-8(2)14-10(11)9(3)12-4/h8-9H,5-7H2,1-4H3. The number of carbonyl (C=O) groups is 1. The third-order valence-corrected chi connectivity index (χ3v) is 1.70. The molecule has 14 heavy (non-hydrogen) atoms. The summed E-state index contributed by atoms with van der Waals surface area (Å²) < 4.78 is 15.1. The Hall–Kier alpha value is -0.610. The summed E-state index contributed by atoms with van der Waals surface area (Å²) in [6.07, 6.45) is 0.241. The summed E-state index contributed by atoms with van der Waals surface area (Å²) in [7, 11) is 1.48. The molecule has 0 aliphatic carbocycles. The van der Waals surface area contributed by atoms with E-state index in [1.807, 2.05) is 6.92 Å². The molecule has 0 spiro atoms. The Morgan fingerprint density at radius 2 is 2.00 bits per heavy atom. The van der Waals surface area contributed by atoms with E-state index in [0.717, 1.165) is 6.42 Å². The van der Waals surface area contributed by atoms with Gasteiger partial charge in [-0.1, -0.05) is 6.92 Å². The monoisotopic (exact) mass is 204 g/mol. The zero-order valence-corrected chi connectivity index (χ0v) is 9.41. The zero-order valence-electron chi connectivity index (χ0n) is 9.41. The van der Waals surface area contributed by atoms with Crippen molar-refractivity contribution in [2.75, 3.05) is 20.3 Å². The number of methoxy groups -OCH3 is 1. The van der Waals surface area contributed by atoms with Gasteiger partial charge < -0.3 is 14.2 Å². The molecule has 84 valence electrons. The molecule has 0 N–H and O–H groups in total. The molecule has 2 unspecified atom stereocenters. The highest BCUT2D eigenvalue weighted by Gasteiger charge is 2.16. The van der Waals surface area contributed by atoms with Crippen LogP contribution < -0.4 is 0 Å². The third-order valence-electron chi connectivity index (χ3n) is 1.70. The first-order valence-electron chi connectivity index (χ1n) is 4.92. The van der Waals surface area contributed by atoms with E-state index in [4.69, 9.17) is 14.2 Å². The average molecular weight is 204 g/mol. The number of hydrogen-bond donors (Lipinski definition) is 0. The van der Waals surface area contributed by atoms with Crippen LogP contribution in [-0.2, 0) is 19.0 Å². The van der Waals surface area contributed by atoms with Crippen LogP contribution in [0.1, 0.15) is 27.2 Å². The molecule has 0 radical (unpaired) electrons. The first-order chi connectivity index (χ1) is 6.61. The van der Waals surface area contributed by atoms with E-state index < -0.39 is 6.10 Å². The minimum absolute atomic E-state index is 0.216. The minimum Gasteiger partial charge on any atom is -0.458 e. The summed E-state index contributed by atoms with van der Waals surface area (Å²) in [6, 6.07) is 0. The van der Waals surface area contributed by atoms with Gasteiger partial charge in [-0.15, -0.1) is 0 Å². The van der Waals surface area contributed by atoms with E-state index >= 15 is 0 Å². The van der Waals surface area contributed by atoms with Crippen molar-refractivity contribution in [1.29, 1.82) is 0 Å². The van der Waals surface area contributed by atoms with Gasteiger partial charge >= 0.3 is 5.97 Å². The maximum absolute atomic E-state index is 11.2. The largest absolute Gasteiger partial charge is 0.458 e. The maximum Gasteiger partial charge on any atom is 0.335 e. The molecule has 4 heteroatoms. The lowest BCUT2D eigenvalue weighted by atomic mass is 10.4. The van der Waals surface area contributed by atoms with Gasteiger partial charge in [0.1, 0.15) is 6.10 Å². The van der Waals surface area contributed by atoms with E-state index in [1.54, 1.807) is 13.8 Å². The summed E-state index contributed by atoms with van der Waals surface area (Å²) in [5.74, 6) is -0.347. The third kappa shape index (κ3) is 5.94. The molecule has 0 heterocycles. The van der Waals surface area contributed by atoms with Crippen molar-refractivity contribution in [2.45, 2.75) is 39.4 Å². The van der Waals surface area contributed by atoms with Gasteiger partial charge in [0.15, 0.2) is 6.10 Å². The molecule has 0 aliphatic rings. The molecule has 0 amide bonds. The number of ether oxygens (including phenoxy) is 3. The van der Waals surface area contributed by atoms with Gasteiger partial charge in [0.2, 0.25) is 0 Å². The van der Waals surface area contributed by atoms with Gasteiger partial charge in [0.05, 0.1) is 6.61 Å². The lowest BCUT2D eigenvalue weighted by molar-refractivity contribution is -0.161. The minimum atomic E-state index is -0.511. The average Bonchev–Trinajstić information content (AvgIpc) is 2.16. The summed E-state index contributed by atoms with van der Waals surface area (Å²) in [6.45, 7) is 6.62. The normalized spacial score (nSPS) is 14.9. The highest BCUT2D eigenvalue weighted by atomic mass is 16.6. The van der Waals surface area contributed by atoms with Gasteiger partial charge in [-0.2, -0.15) is 0 Å². The Morgan fingerprint density at radius 1 is 1.36 bits per heavy atom. The van der Waals surface area contributed by atoms with E-state index in [-0.39, 0.29) is 12.1 Å². The molecule has 0 rings (SSSR count). The summed E-state index contributed by atoms with van der Waals surface area (Å²) in [4.78, 5) is 11.2. The second-order valence-corrected chi connectivity index (χ2v) is 3.20. The first-order valence-corrected chi connectivity index (χ1v) is 4.92. The van der Waals surface area contributed by atoms with Crippen LogP contribution in [0.25, 0.3) is 0 Å². The van der Waals surface area contributed by atoms with Crippen LogP contribution in [0.3, 0.4) is 0 Å². The van der Waals surface area contributed by atoms with Crippen molar-refractivity contribution >= 4 is 5.97 Å². The van der Waals surface area contributed by atoms with Crippen molar-refractivity contribution in [3.8, 4) is 0 Å². The van der Waals surface area contributed by atoms with Crippen LogP contribution in [0, 0.1) is 0 Å². The Bertz CT molecular complexity index is 158. The molecule has 0 aromatic carbocycles. The second-order valence-electron chi connectivity index (χ2n) is 3.20. The predicted octanol–water partition coefficient (Wildman–Crippen LogP) is 1.38. The van der Waals surface area contributed by atoms with Gasteiger partial charge in [0.25, 0.3) is 0 Å². The predicted molar refractivity (Wildman–Crippen MR) is 53.1 cm³/mol. The van der Waals surface area contributed by atoms with Gasteiger partial charge in [-0.25, -0.2) is 4.79 Å². The van der Waals surface area contributed by atoms with Gasteiger partial charge in [-0.05, 0) is 20.3 Å². The lowest BCUT2D eigenvalue weighted by Crippen LogP contribution is -2.28. The Labute approximate surface area is 85.5 Å². The lowest BCUT2D eigenvalue weighted by Gasteiger charge is -2.15. The van der Waals surface area contributed by atoms with Crippen molar-refractivity contribution in [1.82, 2.24) is 0 Å². The van der Waals surface area contributed by atoms with E-state index in [9.17, 15) is 4.79 Å². The van der Waals surface area contributed by atoms with Crippen LogP contribution in [0.15, 0.2) is 0 Å². The zero-order chi connectivity index (χ0) is 11.0. The molecule has 4 nitrogen and oxygen atoms in total. The van der Waals surface area contributed by atoms with Crippen LogP contribution in [0.5, 0.6) is 0 Å². The fourth-order valence-corrected chi connectivity index (χ4v) is 0.818. The number of rotatable bonds is 7. The van der Waals surface area contributed by atoms with Crippen molar-refractivity contribution in [2.24, 2.45) is 0 Å². The number of carbonyl (C=O) groups excluding carboxylic acids is 1. The van der Waals surface area contributed by atoms with Crippen LogP contribution in [0.4, 0.5) is 0 Å². The van der Waals surface area contributed by atoms with E-state index in [1.165, 1.54) is 7.11 Å². The highest BCUT2D eigenvalue weighted by Crippen LogP contribution is 1.98. The molecule has 0 aromatic rings. The highest BCUT2D eigenvalue weighted by molar-refractivity contribution is 5.74. The molecule has 0 saturated carbocycles. The maximum atomic E-state index is 11.2. The van der Waals surface area contributed by atoms with E-state index in [0.29, 0.717) is 13.2 Å². The molecule has 0 saturated heterocycles. The number of hydrogen-bond acceptors (Lipinski definition) is 4. The molecule has 0 fully saturated rings. The summed E-state index contributed by atoms with van der Waals surface area (Å²) in [5.41, 5.74) is 0. The Balaban J connectivity index is 3.60. The molecule has 2 atom stereocenters. The summed E-state index contributed by atoms with van der Waals surface area (Å²) >= 11 is 0. The molecular formula is C10H20O4. The van der Waals surface area contributed by atoms with Crippen molar-refractivity contribution in [3.63, 3.8) is 0 Å². The SMILES string of the molecule is CCCOCC(C)OC(=O)C(C)OC. The van der Waals surface area contributed by atoms with Crippen LogP contribution in [-0.4, -0.2) is 38.5 Å². The molecule has 0 aromatic heterocycles. The fraction of sp³-hybridized carbons (Fsp3) is 0.900. The van der Waals surface area contributed by atoms with Crippen LogP contribution in [0.2, 0.25) is 0 Å². The quantitative estimate of drug-likeness (QED) is 0.464. The Kier molecular flexibility index (Phi) is 7.42. The fourth-order valence-electron chi connectivity index (χ4n) is 0.818. The molecule has 0 bridgehead atoms. The van der Waals surface area contributed by atoms with Crippen molar-refractivity contribution in [3.05, 3.63) is 0 Å². The topological polar surface area (TPSA) is 44.8 Å². The Morgan fingerprint density at radius 3 is 2.50 bits per heavy atom. The van der Waals surface area contributed by atoms with Crippen molar-refractivity contribution < 1.29 is 19.0 Å². The van der Waals surface area contributed by atoms with Gasteiger partial charge in [0, 0.05) is 13.7 Å². The van der Waals surface area contributed by atoms with Crippen LogP contribution >= 0.6 is 0 Å². The smallest absolute Gasteiger partial charge is 0.335 e. The first kappa shape index (κ1) is 13.4. The van der Waals surface area contributed by atoms with Gasteiger partial charge in [-0.3, -0.25) is 0 Å². The molecular weight excluding hydrogens is 184 g/mol. The molecule has 0 aliphatic heterocycles. The number of esters is 1. The summed E-state index contributed by atoms with van der Waals surface area (Å²) in [5, 5.41) is 0. The van der Waals surface area contributed by atoms with E-state index in [2.05, 4.69) is 0 Å².